The van der Waals surface area contributed by atoms with E-state index in [2.05, 4.69) is 16.8 Å². The lowest BCUT2D eigenvalue weighted by molar-refractivity contribution is 0.350. The molecule has 0 bridgehead atoms. The topological polar surface area (TPSA) is 55.1 Å². The molecule has 0 saturated heterocycles. The minimum atomic E-state index is -0.148. The van der Waals surface area contributed by atoms with E-state index in [0.29, 0.717) is 21.8 Å². The van der Waals surface area contributed by atoms with Crippen LogP contribution >= 0.6 is 11.8 Å². The second-order valence-electron chi connectivity index (χ2n) is 3.58. The zero-order valence-electron chi connectivity index (χ0n) is 9.88. The van der Waals surface area contributed by atoms with E-state index >= 15 is 0 Å². The second-order valence-corrected chi connectivity index (χ2v) is 4.52. The van der Waals surface area contributed by atoms with Crippen LogP contribution in [-0.4, -0.2) is 27.0 Å². The zero-order chi connectivity index (χ0) is 13.0. The van der Waals surface area contributed by atoms with E-state index in [9.17, 15) is 4.79 Å². The molecule has 0 saturated carbocycles. The summed E-state index contributed by atoms with van der Waals surface area (Å²) in [7, 11) is 1.70. The molecule has 5 heteroatoms. The third kappa shape index (κ3) is 2.55. The molecule has 0 amide bonds. The maximum Gasteiger partial charge on any atom is 0.261 e. The highest BCUT2D eigenvalue weighted by Crippen LogP contribution is 2.15. The number of fused-ring (bicyclic) bond motifs is 1. The third-order valence-corrected chi connectivity index (χ3v) is 3.33. The Labute approximate surface area is 109 Å². The number of aromatic nitrogens is 2. The molecule has 0 aliphatic rings. The number of benzene rings is 1. The molecule has 0 radical (unpaired) electrons. The molecule has 2 aromatic rings. The Hall–Kier alpha value is -1.77. The van der Waals surface area contributed by atoms with Crippen LogP contribution in [0.15, 0.2) is 34.2 Å². The van der Waals surface area contributed by atoms with Gasteiger partial charge in [-0.3, -0.25) is 9.36 Å². The normalized spacial score (nSPS) is 10.1. The van der Waals surface area contributed by atoms with E-state index in [4.69, 9.17) is 5.11 Å². The van der Waals surface area contributed by atoms with Gasteiger partial charge in [-0.25, -0.2) is 4.98 Å². The van der Waals surface area contributed by atoms with E-state index in [-0.39, 0.29) is 12.2 Å². The molecule has 1 heterocycles. The van der Waals surface area contributed by atoms with Crippen LogP contribution in [0.4, 0.5) is 0 Å². The van der Waals surface area contributed by atoms with Gasteiger partial charge in [0, 0.05) is 7.05 Å². The van der Waals surface area contributed by atoms with Crippen LogP contribution in [0.3, 0.4) is 0 Å². The molecule has 1 aromatic carbocycles. The fraction of sp³-hybridized carbons (Fsp3) is 0.231. The Balaban J connectivity index is 2.39. The smallest absolute Gasteiger partial charge is 0.261 e. The predicted octanol–water partition coefficient (Wildman–Crippen LogP) is 1.02. The van der Waals surface area contributed by atoms with Crippen molar-refractivity contribution in [2.45, 2.75) is 5.16 Å². The first-order valence-corrected chi connectivity index (χ1v) is 6.37. The summed E-state index contributed by atoms with van der Waals surface area (Å²) < 4.78 is 1.52. The number of hydrogen-bond donors (Lipinski definition) is 1. The van der Waals surface area contributed by atoms with Crippen molar-refractivity contribution < 1.29 is 5.11 Å². The number of aliphatic hydroxyl groups is 1. The van der Waals surface area contributed by atoms with Crippen LogP contribution in [0.5, 0.6) is 0 Å². The quantitative estimate of drug-likeness (QED) is 0.497. The van der Waals surface area contributed by atoms with Gasteiger partial charge in [0.2, 0.25) is 0 Å². The summed E-state index contributed by atoms with van der Waals surface area (Å²) in [5, 5.41) is 9.80. The van der Waals surface area contributed by atoms with E-state index in [1.807, 2.05) is 18.2 Å². The Kier molecular flexibility index (Phi) is 4.03. The van der Waals surface area contributed by atoms with Gasteiger partial charge in [0.25, 0.3) is 5.56 Å². The lowest BCUT2D eigenvalue weighted by atomic mass is 10.2. The van der Waals surface area contributed by atoms with Crippen molar-refractivity contribution in [1.82, 2.24) is 9.55 Å². The average molecular weight is 260 g/mol. The number of para-hydroxylation sites is 1. The summed E-state index contributed by atoms with van der Waals surface area (Å²) in [5.41, 5.74) is 0.636. The van der Waals surface area contributed by atoms with Gasteiger partial charge in [-0.05, 0) is 12.1 Å². The summed E-state index contributed by atoms with van der Waals surface area (Å²) in [6, 6.07) is 7.27. The first kappa shape index (κ1) is 12.7. The molecular weight excluding hydrogens is 248 g/mol. The van der Waals surface area contributed by atoms with Gasteiger partial charge in [-0.2, -0.15) is 0 Å². The Morgan fingerprint density at radius 2 is 2.17 bits per heavy atom. The molecule has 0 fully saturated rings. The summed E-state index contributed by atoms with van der Waals surface area (Å²) >= 11 is 1.38. The molecule has 0 atom stereocenters. The molecule has 0 spiro atoms. The number of hydrogen-bond acceptors (Lipinski definition) is 4. The van der Waals surface area contributed by atoms with Crippen molar-refractivity contribution in [2.24, 2.45) is 7.05 Å². The van der Waals surface area contributed by atoms with Crippen molar-refractivity contribution in [3.8, 4) is 11.8 Å². The van der Waals surface area contributed by atoms with E-state index < -0.39 is 0 Å². The minimum Gasteiger partial charge on any atom is -0.384 e. The summed E-state index contributed by atoms with van der Waals surface area (Å²) in [6.45, 7) is -0.148. The first-order valence-electron chi connectivity index (χ1n) is 5.39. The molecular formula is C13H12N2O2S. The first-order chi connectivity index (χ1) is 8.74. The lowest BCUT2D eigenvalue weighted by Crippen LogP contribution is -2.19. The van der Waals surface area contributed by atoms with Gasteiger partial charge in [0.05, 0.1) is 16.7 Å². The fourth-order valence-electron chi connectivity index (χ4n) is 1.53. The van der Waals surface area contributed by atoms with Gasteiger partial charge in [0.1, 0.15) is 6.61 Å². The maximum absolute atomic E-state index is 12.1. The van der Waals surface area contributed by atoms with Gasteiger partial charge in [-0.15, -0.1) is 0 Å². The molecule has 92 valence electrons. The average Bonchev–Trinajstić information content (AvgIpc) is 2.40. The van der Waals surface area contributed by atoms with Crippen LogP contribution in [0.1, 0.15) is 0 Å². The number of thioether (sulfide) groups is 1. The molecule has 4 nitrogen and oxygen atoms in total. The molecule has 18 heavy (non-hydrogen) atoms. The molecule has 0 aliphatic carbocycles. The molecule has 1 aromatic heterocycles. The fourth-order valence-corrected chi connectivity index (χ4v) is 2.28. The highest BCUT2D eigenvalue weighted by atomic mass is 32.2. The highest BCUT2D eigenvalue weighted by Gasteiger charge is 2.07. The number of rotatable bonds is 2. The van der Waals surface area contributed by atoms with Crippen LogP contribution in [0.2, 0.25) is 0 Å². The zero-order valence-corrected chi connectivity index (χ0v) is 10.7. The van der Waals surface area contributed by atoms with Gasteiger partial charge >= 0.3 is 0 Å². The van der Waals surface area contributed by atoms with Crippen molar-refractivity contribution in [3.05, 3.63) is 34.6 Å². The van der Waals surface area contributed by atoms with Gasteiger partial charge < -0.3 is 5.11 Å². The third-order valence-electron chi connectivity index (χ3n) is 2.42. The van der Waals surface area contributed by atoms with Gasteiger partial charge in [0.15, 0.2) is 5.16 Å². The monoisotopic (exact) mass is 260 g/mol. The standard InChI is InChI=1S/C13H12N2O2S/c1-15-12(17)10-6-2-3-7-11(10)14-13(15)18-9-5-4-8-16/h2-3,6-7,16H,8-9H2,1H3. The predicted molar refractivity (Wildman–Crippen MR) is 72.6 cm³/mol. The Morgan fingerprint density at radius 3 is 2.94 bits per heavy atom. The van der Waals surface area contributed by atoms with Crippen LogP contribution in [0.25, 0.3) is 10.9 Å². The van der Waals surface area contributed by atoms with Gasteiger partial charge in [-0.1, -0.05) is 35.7 Å². The van der Waals surface area contributed by atoms with E-state index in [1.54, 1.807) is 13.1 Å². The highest BCUT2D eigenvalue weighted by molar-refractivity contribution is 7.99. The maximum atomic E-state index is 12.1. The van der Waals surface area contributed by atoms with E-state index in [1.165, 1.54) is 16.3 Å². The largest absolute Gasteiger partial charge is 0.384 e. The molecule has 0 aliphatic heterocycles. The summed E-state index contributed by atoms with van der Waals surface area (Å²) in [5.74, 6) is 5.84. The van der Waals surface area contributed by atoms with Crippen molar-refractivity contribution >= 4 is 22.7 Å². The lowest BCUT2D eigenvalue weighted by Gasteiger charge is -2.06. The molecule has 0 unspecified atom stereocenters. The summed E-state index contributed by atoms with van der Waals surface area (Å²) in [4.78, 5) is 16.5. The number of aliphatic hydroxyl groups excluding tert-OH is 1. The molecule has 2 rings (SSSR count). The second kappa shape index (κ2) is 5.71. The van der Waals surface area contributed by atoms with Crippen molar-refractivity contribution in [3.63, 3.8) is 0 Å². The minimum absolute atomic E-state index is 0.0572. The molecule has 1 N–H and O–H groups in total. The SMILES string of the molecule is Cn1c(SCC#CCO)nc2ccccc2c1=O. The van der Waals surface area contributed by atoms with Crippen LogP contribution in [0, 0.1) is 11.8 Å². The number of nitrogens with zero attached hydrogens (tertiary/aromatic N) is 2. The summed E-state index contributed by atoms with van der Waals surface area (Å²) in [6.07, 6.45) is 0. The Morgan fingerprint density at radius 1 is 1.39 bits per heavy atom. The van der Waals surface area contributed by atoms with Crippen LogP contribution < -0.4 is 5.56 Å². The van der Waals surface area contributed by atoms with Crippen molar-refractivity contribution in [2.75, 3.05) is 12.4 Å². The Bertz CT molecular complexity index is 683. The van der Waals surface area contributed by atoms with E-state index in [0.717, 1.165) is 0 Å². The van der Waals surface area contributed by atoms with Crippen LogP contribution in [-0.2, 0) is 7.05 Å². The van der Waals surface area contributed by atoms with Crippen molar-refractivity contribution in [1.29, 1.82) is 0 Å².